The molecule has 0 aromatic carbocycles. The molecule has 3 nitrogen and oxygen atoms in total. The average molecular weight is 280 g/mol. The van der Waals surface area contributed by atoms with Crippen molar-refractivity contribution in [1.29, 1.82) is 0 Å². The molecule has 0 saturated carbocycles. The van der Waals surface area contributed by atoms with Gasteiger partial charge in [0, 0.05) is 11.4 Å². The SMILES string of the molecule is CCn1c(=S)[nH]c2sc3c(c2c1=O)C(C)CCC3. The minimum atomic E-state index is 0.0856. The molecule has 1 aliphatic rings. The predicted octanol–water partition coefficient (Wildman–Crippen LogP) is 3.58. The van der Waals surface area contributed by atoms with Crippen LogP contribution in [-0.4, -0.2) is 9.55 Å². The van der Waals surface area contributed by atoms with Gasteiger partial charge in [-0.2, -0.15) is 0 Å². The van der Waals surface area contributed by atoms with Crippen molar-refractivity contribution in [3.8, 4) is 0 Å². The average Bonchev–Trinajstić information content (AvgIpc) is 2.69. The van der Waals surface area contributed by atoms with Crippen molar-refractivity contribution in [3.05, 3.63) is 25.6 Å². The molecule has 5 heteroatoms. The Bertz CT molecular complexity index is 723. The van der Waals surface area contributed by atoms with Gasteiger partial charge in [-0.05, 0) is 49.9 Å². The first-order valence-electron chi connectivity index (χ1n) is 6.41. The zero-order chi connectivity index (χ0) is 12.9. The molecule has 2 heterocycles. The van der Waals surface area contributed by atoms with Gasteiger partial charge in [-0.3, -0.25) is 9.36 Å². The number of aromatic nitrogens is 2. The maximum absolute atomic E-state index is 12.5. The van der Waals surface area contributed by atoms with E-state index in [-0.39, 0.29) is 5.56 Å². The summed E-state index contributed by atoms with van der Waals surface area (Å²) in [7, 11) is 0. The highest BCUT2D eigenvalue weighted by molar-refractivity contribution is 7.71. The van der Waals surface area contributed by atoms with Crippen molar-refractivity contribution in [1.82, 2.24) is 9.55 Å². The van der Waals surface area contributed by atoms with Crippen molar-refractivity contribution >= 4 is 33.8 Å². The molecule has 1 unspecified atom stereocenters. The summed E-state index contributed by atoms with van der Waals surface area (Å²) in [4.78, 5) is 18.1. The quantitative estimate of drug-likeness (QED) is 0.811. The van der Waals surface area contributed by atoms with Gasteiger partial charge in [-0.15, -0.1) is 11.3 Å². The first kappa shape index (κ1) is 12.1. The molecule has 96 valence electrons. The molecule has 2 aromatic heterocycles. The van der Waals surface area contributed by atoms with E-state index in [0.717, 1.165) is 16.6 Å². The molecule has 1 N–H and O–H groups in total. The number of H-pyrrole nitrogens is 1. The van der Waals surface area contributed by atoms with Crippen molar-refractivity contribution in [3.63, 3.8) is 0 Å². The summed E-state index contributed by atoms with van der Waals surface area (Å²) in [5.41, 5.74) is 1.36. The summed E-state index contributed by atoms with van der Waals surface area (Å²) in [6.45, 7) is 4.81. The van der Waals surface area contributed by atoms with E-state index in [1.54, 1.807) is 15.9 Å². The number of fused-ring (bicyclic) bond motifs is 3. The monoisotopic (exact) mass is 280 g/mol. The fraction of sp³-hybridized carbons (Fsp3) is 0.538. The Labute approximate surface area is 114 Å². The molecular weight excluding hydrogens is 264 g/mol. The standard InChI is InChI=1S/C13H16N2OS2/c1-3-15-12(16)10-9-7(2)5-4-6-8(9)18-11(10)14-13(15)17/h7H,3-6H2,1-2H3,(H,14,17). The van der Waals surface area contributed by atoms with Gasteiger partial charge in [0.05, 0.1) is 5.39 Å². The summed E-state index contributed by atoms with van der Waals surface area (Å²) < 4.78 is 2.20. The second kappa shape index (κ2) is 4.31. The Morgan fingerprint density at radius 1 is 1.56 bits per heavy atom. The van der Waals surface area contributed by atoms with E-state index >= 15 is 0 Å². The molecule has 3 rings (SSSR count). The maximum atomic E-state index is 12.5. The number of nitrogens with one attached hydrogen (secondary N) is 1. The molecule has 2 aromatic rings. The van der Waals surface area contributed by atoms with Crippen LogP contribution < -0.4 is 5.56 Å². The third-order valence-electron chi connectivity index (χ3n) is 3.80. The van der Waals surface area contributed by atoms with Gasteiger partial charge in [-0.1, -0.05) is 6.92 Å². The predicted molar refractivity (Wildman–Crippen MR) is 78.3 cm³/mol. The van der Waals surface area contributed by atoms with Gasteiger partial charge in [-0.25, -0.2) is 0 Å². The lowest BCUT2D eigenvalue weighted by Gasteiger charge is -2.18. The van der Waals surface area contributed by atoms with Crippen molar-refractivity contribution < 1.29 is 0 Å². The van der Waals surface area contributed by atoms with E-state index in [0.29, 0.717) is 17.2 Å². The number of thiophene rings is 1. The normalized spacial score (nSPS) is 19.1. The third kappa shape index (κ3) is 1.61. The molecule has 0 fully saturated rings. The van der Waals surface area contributed by atoms with Gasteiger partial charge < -0.3 is 4.98 Å². The summed E-state index contributed by atoms with van der Waals surface area (Å²) in [6.07, 6.45) is 3.51. The molecule has 18 heavy (non-hydrogen) atoms. The molecule has 0 bridgehead atoms. The van der Waals surface area contributed by atoms with Crippen LogP contribution in [0.15, 0.2) is 4.79 Å². The number of nitrogens with zero attached hydrogens (tertiary/aromatic N) is 1. The van der Waals surface area contributed by atoms with Crippen LogP contribution in [0.3, 0.4) is 0 Å². The summed E-state index contributed by atoms with van der Waals surface area (Å²) >= 11 is 6.97. The molecule has 0 aliphatic heterocycles. The topological polar surface area (TPSA) is 37.8 Å². The van der Waals surface area contributed by atoms with Crippen LogP contribution in [0.1, 0.15) is 43.0 Å². The Hall–Kier alpha value is -0.940. The zero-order valence-corrected chi connectivity index (χ0v) is 12.2. The second-order valence-corrected chi connectivity index (χ2v) is 6.41. The van der Waals surface area contributed by atoms with Gasteiger partial charge in [0.1, 0.15) is 4.83 Å². The van der Waals surface area contributed by atoms with E-state index in [1.807, 2.05) is 6.92 Å². The zero-order valence-electron chi connectivity index (χ0n) is 10.6. The van der Waals surface area contributed by atoms with E-state index in [9.17, 15) is 4.79 Å². The molecule has 0 saturated heterocycles. The van der Waals surface area contributed by atoms with Crippen LogP contribution in [0.2, 0.25) is 0 Å². The highest BCUT2D eigenvalue weighted by Gasteiger charge is 2.24. The van der Waals surface area contributed by atoms with Crippen LogP contribution in [0.4, 0.5) is 0 Å². The fourth-order valence-electron chi connectivity index (χ4n) is 2.89. The van der Waals surface area contributed by atoms with E-state index < -0.39 is 0 Å². The van der Waals surface area contributed by atoms with Crippen LogP contribution in [0.5, 0.6) is 0 Å². The Morgan fingerprint density at radius 3 is 3.06 bits per heavy atom. The number of aromatic amines is 1. The lowest BCUT2D eigenvalue weighted by molar-refractivity contribution is 0.600. The number of rotatable bonds is 1. The molecular formula is C13H16N2OS2. The summed E-state index contributed by atoms with van der Waals surface area (Å²) in [5.74, 6) is 0.491. The van der Waals surface area contributed by atoms with Gasteiger partial charge in [0.15, 0.2) is 4.77 Å². The lowest BCUT2D eigenvalue weighted by atomic mass is 9.88. The maximum Gasteiger partial charge on any atom is 0.263 e. The Balaban J connectivity index is 2.46. The molecule has 1 aliphatic carbocycles. The second-order valence-electron chi connectivity index (χ2n) is 4.92. The van der Waals surface area contributed by atoms with Gasteiger partial charge in [0.2, 0.25) is 0 Å². The van der Waals surface area contributed by atoms with Crippen molar-refractivity contribution in [2.24, 2.45) is 0 Å². The van der Waals surface area contributed by atoms with Crippen LogP contribution in [0.25, 0.3) is 10.2 Å². The van der Waals surface area contributed by atoms with Crippen molar-refractivity contribution in [2.75, 3.05) is 0 Å². The molecule has 0 radical (unpaired) electrons. The first-order chi connectivity index (χ1) is 8.63. The van der Waals surface area contributed by atoms with E-state index in [4.69, 9.17) is 12.2 Å². The third-order valence-corrected chi connectivity index (χ3v) is 5.30. The number of hydrogen-bond donors (Lipinski definition) is 1. The highest BCUT2D eigenvalue weighted by Crippen LogP contribution is 2.39. The van der Waals surface area contributed by atoms with Crippen LogP contribution in [-0.2, 0) is 13.0 Å². The summed E-state index contributed by atoms with van der Waals surface area (Å²) in [6, 6.07) is 0. The molecule has 1 atom stereocenters. The Kier molecular flexibility index (Phi) is 2.90. The van der Waals surface area contributed by atoms with Crippen molar-refractivity contribution in [2.45, 2.75) is 45.6 Å². The van der Waals surface area contributed by atoms with E-state index in [1.165, 1.54) is 23.3 Å². The Morgan fingerprint density at radius 2 is 2.33 bits per heavy atom. The molecule has 0 spiro atoms. The smallest absolute Gasteiger partial charge is 0.263 e. The fourth-order valence-corrected chi connectivity index (χ4v) is 4.62. The minimum Gasteiger partial charge on any atom is -0.323 e. The van der Waals surface area contributed by atoms with Gasteiger partial charge in [0.25, 0.3) is 5.56 Å². The summed E-state index contributed by atoms with van der Waals surface area (Å²) in [5, 5.41) is 0.887. The van der Waals surface area contributed by atoms with Crippen LogP contribution >= 0.6 is 23.6 Å². The number of hydrogen-bond acceptors (Lipinski definition) is 3. The van der Waals surface area contributed by atoms with E-state index in [2.05, 4.69) is 11.9 Å². The first-order valence-corrected chi connectivity index (χ1v) is 7.64. The highest BCUT2D eigenvalue weighted by atomic mass is 32.1. The lowest BCUT2D eigenvalue weighted by Crippen LogP contribution is -2.22. The molecule has 0 amide bonds. The largest absolute Gasteiger partial charge is 0.323 e. The van der Waals surface area contributed by atoms with Crippen LogP contribution in [0, 0.1) is 4.77 Å². The number of aryl methyl sites for hydroxylation is 1. The minimum absolute atomic E-state index is 0.0856. The van der Waals surface area contributed by atoms with Gasteiger partial charge >= 0.3 is 0 Å².